The first-order chi connectivity index (χ1) is 21.5. The van der Waals surface area contributed by atoms with Gasteiger partial charge in [-0.2, -0.15) is 0 Å². The number of carbonyl (C=O) groups is 3. The molecule has 0 spiro atoms. The van der Waals surface area contributed by atoms with Crippen LogP contribution in [0.1, 0.15) is 52.0 Å². The first kappa shape index (κ1) is 30.2. The van der Waals surface area contributed by atoms with Crippen molar-refractivity contribution in [3.8, 4) is 0 Å². The third-order valence-electron chi connectivity index (χ3n) is 7.97. The summed E-state index contributed by atoms with van der Waals surface area (Å²) in [6.45, 7) is 3.08. The van der Waals surface area contributed by atoms with Crippen molar-refractivity contribution in [2.45, 2.75) is 42.7 Å². The van der Waals surface area contributed by atoms with E-state index in [1.165, 1.54) is 49.6 Å². The zero-order valence-electron chi connectivity index (χ0n) is 24.3. The number of hydrogen-bond acceptors (Lipinski definition) is 10. The monoisotopic (exact) mass is 643 g/mol. The number of carbonyl (C=O) groups excluding carboxylic acids is 3. The number of rotatable bonds is 8. The number of anilines is 1. The van der Waals surface area contributed by atoms with E-state index in [4.69, 9.17) is 10.5 Å². The number of β-lactam (4-membered cyclic amide) rings is 1. The van der Waals surface area contributed by atoms with Gasteiger partial charge in [0.1, 0.15) is 4.75 Å². The van der Waals surface area contributed by atoms with Crippen molar-refractivity contribution >= 4 is 50.2 Å². The van der Waals surface area contributed by atoms with E-state index >= 15 is 0 Å². The lowest BCUT2D eigenvalue weighted by molar-refractivity contribution is -0.160. The van der Waals surface area contributed by atoms with Crippen molar-refractivity contribution in [2.75, 3.05) is 5.73 Å². The number of ether oxygens (including phenoxy) is 1. The summed E-state index contributed by atoms with van der Waals surface area (Å²) >= 11 is 1.26. The van der Waals surface area contributed by atoms with E-state index in [-0.39, 0.29) is 23.4 Å². The van der Waals surface area contributed by atoms with E-state index in [0.29, 0.717) is 16.3 Å². The summed E-state index contributed by atoms with van der Waals surface area (Å²) in [6.07, 6.45) is 3.51. The zero-order chi connectivity index (χ0) is 31.9. The number of aromatic nitrogens is 2. The molecule has 0 saturated carbocycles. The van der Waals surface area contributed by atoms with Crippen molar-refractivity contribution in [2.24, 2.45) is 0 Å². The number of hydrogen-bond donors (Lipinski definition) is 2. The van der Waals surface area contributed by atoms with Gasteiger partial charge in [0.05, 0.1) is 17.8 Å². The van der Waals surface area contributed by atoms with Gasteiger partial charge in [-0.1, -0.05) is 60.7 Å². The molecule has 3 N–H and O–H groups in total. The summed E-state index contributed by atoms with van der Waals surface area (Å²) < 4.78 is 32.0. The summed E-state index contributed by atoms with van der Waals surface area (Å²) in [7, 11) is -4.08. The Morgan fingerprint density at radius 2 is 1.71 bits per heavy atom. The summed E-state index contributed by atoms with van der Waals surface area (Å²) in [5.74, 6) is -1.84. The van der Waals surface area contributed by atoms with Crippen LogP contribution in [0.25, 0.3) is 6.08 Å². The van der Waals surface area contributed by atoms with E-state index in [9.17, 15) is 22.8 Å². The number of esters is 1. The van der Waals surface area contributed by atoms with Gasteiger partial charge in [0.2, 0.25) is 0 Å². The minimum absolute atomic E-state index is 0.0359. The van der Waals surface area contributed by atoms with Gasteiger partial charge >= 0.3 is 5.97 Å². The fourth-order valence-electron chi connectivity index (χ4n) is 5.59. The average molecular weight is 644 g/mol. The standard InChI is InChI=1S/C32H29N5O6S2/c1-32(2)26(30(40)43-25(19-9-5-3-6-10-19)20-11-7-4-8-12-20)37-28(39)24(29(37)45(32,41)42)16-22-15-21(13-14-34-22)27(38)35-17-23-18-36-31(33)44-23/h3-16,18,25-26,29H,17H2,1-2H3,(H2,33,36)(H,35,38)/t26-,29+/m0/s1. The van der Waals surface area contributed by atoms with Gasteiger partial charge in [-0.15, -0.1) is 11.3 Å². The van der Waals surface area contributed by atoms with Crippen LogP contribution in [0.5, 0.6) is 0 Å². The van der Waals surface area contributed by atoms with Gasteiger partial charge in [0, 0.05) is 22.8 Å². The third kappa shape index (κ3) is 5.38. The van der Waals surface area contributed by atoms with Crippen molar-refractivity contribution in [1.82, 2.24) is 20.2 Å². The van der Waals surface area contributed by atoms with Crippen LogP contribution in [0.4, 0.5) is 5.13 Å². The van der Waals surface area contributed by atoms with Crippen molar-refractivity contribution in [1.29, 1.82) is 0 Å². The maximum atomic E-state index is 13.8. The van der Waals surface area contributed by atoms with Crippen LogP contribution in [0.15, 0.2) is 90.8 Å². The van der Waals surface area contributed by atoms with Gasteiger partial charge in [-0.05, 0) is 43.2 Å². The molecular formula is C32H29N5O6S2. The number of amides is 2. The Balaban J connectivity index is 1.25. The Morgan fingerprint density at radius 1 is 1.07 bits per heavy atom. The number of nitrogens with two attached hydrogens (primary N) is 1. The molecule has 0 bridgehead atoms. The number of nitrogen functional groups attached to an aromatic ring is 1. The van der Waals surface area contributed by atoms with Crippen LogP contribution in [0.2, 0.25) is 0 Å². The number of nitrogens with one attached hydrogen (secondary N) is 1. The zero-order valence-corrected chi connectivity index (χ0v) is 25.9. The fourth-order valence-corrected chi connectivity index (χ4v) is 8.33. The maximum absolute atomic E-state index is 13.8. The Labute approximate surface area is 263 Å². The van der Waals surface area contributed by atoms with Gasteiger partial charge in [0.25, 0.3) is 11.8 Å². The molecule has 2 saturated heterocycles. The van der Waals surface area contributed by atoms with E-state index in [1.807, 2.05) is 60.7 Å². The second-order valence-electron chi connectivity index (χ2n) is 11.2. The molecule has 11 nitrogen and oxygen atoms in total. The molecule has 13 heteroatoms. The van der Waals surface area contributed by atoms with E-state index in [2.05, 4.69) is 15.3 Å². The molecule has 0 unspecified atom stereocenters. The molecule has 2 aromatic heterocycles. The van der Waals surface area contributed by atoms with Gasteiger partial charge < -0.3 is 20.7 Å². The lowest BCUT2D eigenvalue weighted by atomic mass is 9.94. The molecule has 45 heavy (non-hydrogen) atoms. The highest BCUT2D eigenvalue weighted by Gasteiger charge is 2.70. The van der Waals surface area contributed by atoms with E-state index in [0.717, 1.165) is 9.78 Å². The predicted molar refractivity (Wildman–Crippen MR) is 168 cm³/mol. The predicted octanol–water partition coefficient (Wildman–Crippen LogP) is 3.51. The molecule has 4 aromatic rings. The Kier molecular flexibility index (Phi) is 7.75. The van der Waals surface area contributed by atoms with E-state index < -0.39 is 49.9 Å². The molecule has 2 aliphatic rings. The van der Waals surface area contributed by atoms with Crippen LogP contribution < -0.4 is 11.1 Å². The molecule has 2 fully saturated rings. The van der Waals surface area contributed by atoms with Gasteiger partial charge in [0.15, 0.2) is 32.5 Å². The first-order valence-corrected chi connectivity index (χ1v) is 16.4. The fraction of sp³-hybridized carbons (Fsp3) is 0.219. The highest BCUT2D eigenvalue weighted by Crippen LogP contribution is 2.49. The van der Waals surface area contributed by atoms with Crippen LogP contribution in [0, 0.1) is 0 Å². The first-order valence-electron chi connectivity index (χ1n) is 14.0. The SMILES string of the molecule is CC1(C)[C@H](C(=O)OC(c2ccccc2)c2ccccc2)N2C(=O)C(=Cc3cc(C(=O)NCc4cnc(N)s4)ccn3)[C@H]2S1(=O)=O. The largest absolute Gasteiger partial charge is 0.451 e. The molecule has 2 aromatic carbocycles. The van der Waals surface area contributed by atoms with Crippen LogP contribution in [-0.2, 0) is 30.7 Å². The second kappa shape index (κ2) is 11.6. The second-order valence-corrected chi connectivity index (χ2v) is 14.9. The number of nitrogens with zero attached hydrogens (tertiary/aromatic N) is 3. The molecule has 2 amide bonds. The summed E-state index contributed by atoms with van der Waals surface area (Å²) in [5, 5.41) is 1.80. The topological polar surface area (TPSA) is 162 Å². The lowest BCUT2D eigenvalue weighted by Gasteiger charge is -2.38. The van der Waals surface area contributed by atoms with Gasteiger partial charge in [-0.3, -0.25) is 14.6 Å². The molecule has 6 rings (SSSR count). The summed E-state index contributed by atoms with van der Waals surface area (Å²) in [4.78, 5) is 50.1. The van der Waals surface area contributed by atoms with Crippen LogP contribution in [-0.4, -0.2) is 57.2 Å². The smallest absolute Gasteiger partial charge is 0.331 e. The van der Waals surface area contributed by atoms with Crippen LogP contribution in [0.3, 0.4) is 0 Å². The van der Waals surface area contributed by atoms with Crippen LogP contribution >= 0.6 is 11.3 Å². The highest BCUT2D eigenvalue weighted by molar-refractivity contribution is 7.94. The minimum Gasteiger partial charge on any atom is -0.451 e. The molecule has 0 radical (unpaired) electrons. The number of pyridine rings is 1. The number of sulfone groups is 1. The molecule has 0 aliphatic carbocycles. The Morgan fingerprint density at radius 3 is 2.31 bits per heavy atom. The summed E-state index contributed by atoms with van der Waals surface area (Å²) in [5.41, 5.74) is 7.50. The minimum atomic E-state index is -4.08. The van der Waals surface area contributed by atoms with Crippen molar-refractivity contribution in [3.05, 3.63) is 118 Å². The van der Waals surface area contributed by atoms with Crippen molar-refractivity contribution < 1.29 is 27.5 Å². The highest BCUT2D eigenvalue weighted by atomic mass is 32.2. The Bertz CT molecular complexity index is 1890. The average Bonchev–Trinajstić information content (AvgIpc) is 3.52. The maximum Gasteiger partial charge on any atom is 0.331 e. The third-order valence-corrected chi connectivity index (χ3v) is 11.6. The molecule has 2 aliphatic heterocycles. The molecule has 4 heterocycles. The quantitative estimate of drug-likeness (QED) is 0.166. The lowest BCUT2D eigenvalue weighted by Crippen LogP contribution is -2.59. The number of thiazole rings is 1. The Hall–Kier alpha value is -4.88. The molecule has 230 valence electrons. The van der Waals surface area contributed by atoms with Crippen molar-refractivity contribution in [3.63, 3.8) is 0 Å². The molecule has 2 atom stereocenters. The number of benzene rings is 2. The summed E-state index contributed by atoms with van der Waals surface area (Å²) in [6, 6.07) is 19.8. The normalized spacial score (nSPS) is 20.5. The molecular weight excluding hydrogens is 615 g/mol. The number of fused-ring (bicyclic) bond motifs is 1. The van der Waals surface area contributed by atoms with Gasteiger partial charge in [-0.25, -0.2) is 18.2 Å². The van der Waals surface area contributed by atoms with E-state index in [1.54, 1.807) is 6.20 Å².